The highest BCUT2D eigenvalue weighted by atomic mass is 16.5. The van der Waals surface area contributed by atoms with Crippen molar-refractivity contribution < 1.29 is 4.74 Å². The normalized spacial score (nSPS) is 36.8. The summed E-state index contributed by atoms with van der Waals surface area (Å²) in [6, 6.07) is 0.567. The molecule has 2 fully saturated rings. The quantitative estimate of drug-likeness (QED) is 0.772. The molecule has 1 heterocycles. The Balaban J connectivity index is 2.05. The molecule has 0 aromatic heterocycles. The maximum Gasteiger partial charge on any atom is 0.0809 e. The van der Waals surface area contributed by atoms with E-state index in [0.29, 0.717) is 6.04 Å². The van der Waals surface area contributed by atoms with Gasteiger partial charge in [0.25, 0.3) is 0 Å². The molecule has 0 amide bonds. The van der Waals surface area contributed by atoms with E-state index in [0.717, 1.165) is 25.0 Å². The molecule has 1 saturated heterocycles. The average molecular weight is 281 g/mol. The third-order valence-corrected chi connectivity index (χ3v) is 5.64. The van der Waals surface area contributed by atoms with E-state index < -0.39 is 0 Å². The molecule has 1 aliphatic carbocycles. The molecule has 0 bridgehead atoms. The second-order valence-electron chi connectivity index (χ2n) is 7.25. The van der Waals surface area contributed by atoms with Crippen molar-refractivity contribution in [1.29, 1.82) is 0 Å². The Hall–Kier alpha value is -0.0800. The van der Waals surface area contributed by atoms with Gasteiger partial charge in [-0.15, -0.1) is 0 Å². The molecule has 118 valence electrons. The smallest absolute Gasteiger partial charge is 0.0809 e. The zero-order chi connectivity index (χ0) is 14.4. The number of rotatable bonds is 6. The molecular weight excluding hydrogens is 246 g/mol. The van der Waals surface area contributed by atoms with Gasteiger partial charge in [0.15, 0.2) is 0 Å². The predicted molar refractivity (Wildman–Crippen MR) is 86.0 cm³/mol. The number of nitrogens with one attached hydrogen (secondary N) is 1. The molecule has 1 aliphatic heterocycles. The van der Waals surface area contributed by atoms with Crippen molar-refractivity contribution in [2.75, 3.05) is 13.2 Å². The van der Waals surface area contributed by atoms with Crippen molar-refractivity contribution in [3.05, 3.63) is 0 Å². The van der Waals surface area contributed by atoms with Gasteiger partial charge in [0.2, 0.25) is 0 Å². The highest BCUT2D eigenvalue weighted by Gasteiger charge is 2.42. The average Bonchev–Trinajstić information content (AvgIpc) is 2.48. The first-order chi connectivity index (χ1) is 9.69. The van der Waals surface area contributed by atoms with Crippen molar-refractivity contribution >= 4 is 0 Å². The summed E-state index contributed by atoms with van der Waals surface area (Å²) in [4.78, 5) is 0. The first kappa shape index (κ1) is 16.3. The van der Waals surface area contributed by atoms with Crippen LogP contribution in [0.15, 0.2) is 0 Å². The SMILES string of the molecule is CCCNC(C1CCCC(CC)C1)C1(C)CCCCO1. The van der Waals surface area contributed by atoms with Crippen LogP contribution in [-0.2, 0) is 4.74 Å². The largest absolute Gasteiger partial charge is 0.374 e. The summed E-state index contributed by atoms with van der Waals surface area (Å²) in [7, 11) is 0. The molecule has 0 radical (unpaired) electrons. The molecule has 20 heavy (non-hydrogen) atoms. The first-order valence-electron chi connectivity index (χ1n) is 9.07. The van der Waals surface area contributed by atoms with E-state index in [-0.39, 0.29) is 5.60 Å². The second kappa shape index (κ2) is 7.79. The van der Waals surface area contributed by atoms with Gasteiger partial charge in [-0.05, 0) is 63.8 Å². The van der Waals surface area contributed by atoms with Gasteiger partial charge in [-0.2, -0.15) is 0 Å². The Bertz CT molecular complexity index is 273. The minimum atomic E-state index is 0.0771. The van der Waals surface area contributed by atoms with Crippen LogP contribution in [0.2, 0.25) is 0 Å². The Morgan fingerprint density at radius 3 is 2.70 bits per heavy atom. The summed E-state index contributed by atoms with van der Waals surface area (Å²) in [5.74, 6) is 1.77. The number of hydrogen-bond acceptors (Lipinski definition) is 2. The van der Waals surface area contributed by atoms with Crippen LogP contribution in [0.1, 0.15) is 78.6 Å². The Labute approximate surface area is 126 Å². The van der Waals surface area contributed by atoms with Gasteiger partial charge in [-0.25, -0.2) is 0 Å². The van der Waals surface area contributed by atoms with Gasteiger partial charge in [0, 0.05) is 12.6 Å². The van der Waals surface area contributed by atoms with E-state index in [1.165, 1.54) is 57.8 Å². The highest BCUT2D eigenvalue weighted by molar-refractivity contribution is 4.97. The summed E-state index contributed by atoms with van der Waals surface area (Å²) in [6.45, 7) is 9.10. The van der Waals surface area contributed by atoms with Crippen molar-refractivity contribution in [1.82, 2.24) is 5.32 Å². The molecule has 4 atom stereocenters. The Kier molecular flexibility index (Phi) is 6.35. The number of ether oxygens (including phenoxy) is 1. The molecule has 0 spiro atoms. The molecule has 4 unspecified atom stereocenters. The third-order valence-electron chi connectivity index (χ3n) is 5.64. The van der Waals surface area contributed by atoms with Crippen molar-refractivity contribution in [3.8, 4) is 0 Å². The van der Waals surface area contributed by atoms with Crippen LogP contribution in [0.25, 0.3) is 0 Å². The molecule has 0 aromatic carbocycles. The van der Waals surface area contributed by atoms with E-state index in [4.69, 9.17) is 4.74 Å². The molecular formula is C18H35NO. The van der Waals surface area contributed by atoms with Gasteiger partial charge >= 0.3 is 0 Å². The monoisotopic (exact) mass is 281 g/mol. The zero-order valence-electron chi connectivity index (χ0n) is 13.9. The van der Waals surface area contributed by atoms with Crippen LogP contribution >= 0.6 is 0 Å². The van der Waals surface area contributed by atoms with Crippen LogP contribution in [-0.4, -0.2) is 24.8 Å². The maximum atomic E-state index is 6.28. The van der Waals surface area contributed by atoms with Crippen LogP contribution in [0, 0.1) is 11.8 Å². The Morgan fingerprint density at radius 2 is 2.05 bits per heavy atom. The van der Waals surface area contributed by atoms with Crippen LogP contribution in [0.5, 0.6) is 0 Å². The van der Waals surface area contributed by atoms with Crippen LogP contribution in [0.4, 0.5) is 0 Å². The second-order valence-corrected chi connectivity index (χ2v) is 7.25. The first-order valence-corrected chi connectivity index (χ1v) is 9.07. The van der Waals surface area contributed by atoms with Crippen molar-refractivity contribution in [2.45, 2.75) is 90.2 Å². The lowest BCUT2D eigenvalue weighted by atomic mass is 9.71. The summed E-state index contributed by atoms with van der Waals surface area (Å²) in [6.07, 6.45) is 12.1. The van der Waals surface area contributed by atoms with E-state index in [1.54, 1.807) is 0 Å². The molecule has 2 heteroatoms. The molecule has 2 nitrogen and oxygen atoms in total. The van der Waals surface area contributed by atoms with Crippen molar-refractivity contribution in [2.24, 2.45) is 11.8 Å². The van der Waals surface area contributed by atoms with Gasteiger partial charge in [0.05, 0.1) is 5.60 Å². The molecule has 1 saturated carbocycles. The lowest BCUT2D eigenvalue weighted by molar-refractivity contribution is -0.105. The Morgan fingerprint density at radius 1 is 1.20 bits per heavy atom. The minimum absolute atomic E-state index is 0.0771. The van der Waals surface area contributed by atoms with E-state index >= 15 is 0 Å². The fourth-order valence-electron chi connectivity index (χ4n) is 4.39. The summed E-state index contributed by atoms with van der Waals surface area (Å²) in [5.41, 5.74) is 0.0771. The fraction of sp³-hybridized carbons (Fsp3) is 1.00. The van der Waals surface area contributed by atoms with Crippen molar-refractivity contribution in [3.63, 3.8) is 0 Å². The lowest BCUT2D eigenvalue weighted by Crippen LogP contribution is -2.56. The summed E-state index contributed by atoms with van der Waals surface area (Å²) < 4.78 is 6.28. The van der Waals surface area contributed by atoms with Gasteiger partial charge < -0.3 is 10.1 Å². The minimum Gasteiger partial charge on any atom is -0.374 e. The van der Waals surface area contributed by atoms with Gasteiger partial charge in [0.1, 0.15) is 0 Å². The summed E-state index contributed by atoms with van der Waals surface area (Å²) in [5, 5.41) is 3.87. The summed E-state index contributed by atoms with van der Waals surface area (Å²) >= 11 is 0. The van der Waals surface area contributed by atoms with E-state index in [1.807, 2.05) is 0 Å². The fourth-order valence-corrected chi connectivity index (χ4v) is 4.39. The molecule has 2 rings (SSSR count). The highest BCUT2D eigenvalue weighted by Crippen LogP contribution is 2.39. The van der Waals surface area contributed by atoms with Crippen LogP contribution < -0.4 is 5.32 Å². The predicted octanol–water partition coefficient (Wildman–Crippen LogP) is 4.53. The van der Waals surface area contributed by atoms with Crippen LogP contribution in [0.3, 0.4) is 0 Å². The zero-order valence-corrected chi connectivity index (χ0v) is 13.9. The molecule has 2 aliphatic rings. The maximum absolute atomic E-state index is 6.28. The van der Waals surface area contributed by atoms with Gasteiger partial charge in [-0.1, -0.05) is 33.1 Å². The lowest BCUT2D eigenvalue weighted by Gasteiger charge is -2.46. The standard InChI is InChI=1S/C18H35NO/c1-4-12-19-17(18(3)11-6-7-13-20-18)16-10-8-9-15(5-2)14-16/h15-17,19H,4-14H2,1-3H3. The van der Waals surface area contributed by atoms with Gasteiger partial charge in [-0.3, -0.25) is 0 Å². The van der Waals surface area contributed by atoms with E-state index in [2.05, 4.69) is 26.1 Å². The van der Waals surface area contributed by atoms with E-state index in [9.17, 15) is 0 Å². The third kappa shape index (κ3) is 3.98. The topological polar surface area (TPSA) is 21.3 Å². The number of hydrogen-bond donors (Lipinski definition) is 1. The molecule has 0 aromatic rings. The molecule has 1 N–H and O–H groups in total.